The van der Waals surface area contributed by atoms with Gasteiger partial charge in [0.25, 0.3) is 5.91 Å². The minimum absolute atomic E-state index is 0.106. The van der Waals surface area contributed by atoms with E-state index in [0.29, 0.717) is 21.1 Å². The summed E-state index contributed by atoms with van der Waals surface area (Å²) in [6.07, 6.45) is 3.75. The van der Waals surface area contributed by atoms with Gasteiger partial charge in [-0.2, -0.15) is 11.8 Å². The Hall–Kier alpha value is -0.950. The third-order valence-electron chi connectivity index (χ3n) is 2.95. The number of nitrogens with one attached hydrogen (secondary N) is 2. The summed E-state index contributed by atoms with van der Waals surface area (Å²) in [6.45, 7) is 3.47. The van der Waals surface area contributed by atoms with Crippen molar-refractivity contribution in [2.75, 3.05) is 29.9 Å². The van der Waals surface area contributed by atoms with E-state index in [4.69, 9.17) is 5.73 Å². The highest BCUT2D eigenvalue weighted by atomic mass is 32.2. The number of aromatic nitrogens is 1. The van der Waals surface area contributed by atoms with Gasteiger partial charge in [0.1, 0.15) is 10.7 Å². The van der Waals surface area contributed by atoms with E-state index >= 15 is 0 Å². The Balaban J connectivity index is 1.88. The predicted octanol–water partition coefficient (Wildman–Crippen LogP) is 2.17. The van der Waals surface area contributed by atoms with Crippen LogP contribution in [-0.4, -0.2) is 35.0 Å². The molecule has 1 aliphatic rings. The van der Waals surface area contributed by atoms with Crippen LogP contribution >= 0.6 is 23.1 Å². The third kappa shape index (κ3) is 4.01. The minimum Gasteiger partial charge on any atom is -0.382 e. The van der Waals surface area contributed by atoms with Crippen molar-refractivity contribution >= 4 is 40.0 Å². The summed E-state index contributed by atoms with van der Waals surface area (Å²) in [4.78, 5) is 16.7. The lowest BCUT2D eigenvalue weighted by Crippen LogP contribution is -2.31. The molecule has 7 heteroatoms. The summed E-state index contributed by atoms with van der Waals surface area (Å²) in [7, 11) is 0. The average molecular weight is 300 g/mol. The maximum Gasteiger partial charge on any atom is 0.265 e. The Labute approximate surface area is 121 Å². The summed E-state index contributed by atoms with van der Waals surface area (Å²) in [5.41, 5.74) is 5.77. The van der Waals surface area contributed by atoms with Crippen LogP contribution in [0, 0.1) is 0 Å². The molecule has 1 aromatic rings. The van der Waals surface area contributed by atoms with Crippen molar-refractivity contribution in [2.45, 2.75) is 31.4 Å². The van der Waals surface area contributed by atoms with Gasteiger partial charge in [0.05, 0.1) is 0 Å². The first kappa shape index (κ1) is 14.5. The van der Waals surface area contributed by atoms with Crippen LogP contribution in [0.25, 0.3) is 0 Å². The summed E-state index contributed by atoms with van der Waals surface area (Å²) in [5, 5.41) is 7.29. The van der Waals surface area contributed by atoms with Gasteiger partial charge in [0.15, 0.2) is 5.13 Å². The molecule has 0 saturated carbocycles. The third-order valence-corrected chi connectivity index (χ3v) is 5.38. The Morgan fingerprint density at radius 1 is 1.53 bits per heavy atom. The number of anilines is 2. The monoisotopic (exact) mass is 300 g/mol. The second-order valence-corrected chi connectivity index (χ2v) is 6.87. The maximum absolute atomic E-state index is 12.1. The van der Waals surface area contributed by atoms with Crippen molar-refractivity contribution in [3.05, 3.63) is 4.88 Å². The van der Waals surface area contributed by atoms with E-state index in [2.05, 4.69) is 15.6 Å². The van der Waals surface area contributed by atoms with Gasteiger partial charge in [-0.3, -0.25) is 4.79 Å². The molecule has 4 N–H and O–H groups in total. The smallest absolute Gasteiger partial charge is 0.265 e. The molecule has 19 heavy (non-hydrogen) atoms. The largest absolute Gasteiger partial charge is 0.382 e. The topological polar surface area (TPSA) is 80.0 Å². The number of hydrogen-bond acceptors (Lipinski definition) is 6. The van der Waals surface area contributed by atoms with E-state index in [9.17, 15) is 4.79 Å². The first-order valence-corrected chi connectivity index (χ1v) is 8.47. The number of carbonyl (C=O) groups is 1. The van der Waals surface area contributed by atoms with Crippen molar-refractivity contribution in [3.63, 3.8) is 0 Å². The molecule has 1 aliphatic heterocycles. The number of hydrogen-bond donors (Lipinski definition) is 3. The quantitative estimate of drug-likeness (QED) is 0.776. The van der Waals surface area contributed by atoms with E-state index < -0.39 is 0 Å². The maximum atomic E-state index is 12.1. The van der Waals surface area contributed by atoms with E-state index in [1.54, 1.807) is 0 Å². The van der Waals surface area contributed by atoms with Crippen LogP contribution in [0.5, 0.6) is 0 Å². The first-order valence-electron chi connectivity index (χ1n) is 6.60. The van der Waals surface area contributed by atoms with Crippen LogP contribution in [0.3, 0.4) is 0 Å². The molecule has 0 bridgehead atoms. The number of nitrogens with zero attached hydrogens (tertiary/aromatic N) is 1. The molecule has 106 valence electrons. The zero-order chi connectivity index (χ0) is 13.7. The first-order chi connectivity index (χ1) is 9.20. The highest BCUT2D eigenvalue weighted by Crippen LogP contribution is 2.26. The van der Waals surface area contributed by atoms with Gasteiger partial charge in [0, 0.05) is 18.3 Å². The SMILES string of the molecule is CCNc1nc(N)c(C(=O)NCC2CCCCS2)s1. The molecule has 0 radical (unpaired) electrons. The zero-order valence-corrected chi connectivity index (χ0v) is 12.7. The number of nitrogens with two attached hydrogens (primary N) is 1. The Kier molecular flexibility index (Phi) is 5.33. The number of carbonyl (C=O) groups excluding carboxylic acids is 1. The van der Waals surface area contributed by atoms with Crippen molar-refractivity contribution in [1.29, 1.82) is 0 Å². The summed E-state index contributed by atoms with van der Waals surface area (Å²) in [5.74, 6) is 1.41. The number of thiazole rings is 1. The Bertz CT molecular complexity index is 429. The van der Waals surface area contributed by atoms with Crippen molar-refractivity contribution < 1.29 is 4.79 Å². The van der Waals surface area contributed by atoms with Gasteiger partial charge in [0.2, 0.25) is 0 Å². The Morgan fingerprint density at radius 3 is 3.05 bits per heavy atom. The van der Waals surface area contributed by atoms with Crippen LogP contribution in [0.4, 0.5) is 10.9 Å². The summed E-state index contributed by atoms with van der Waals surface area (Å²) in [6, 6.07) is 0. The summed E-state index contributed by atoms with van der Waals surface area (Å²) >= 11 is 3.26. The second-order valence-electron chi connectivity index (χ2n) is 4.46. The highest BCUT2D eigenvalue weighted by molar-refractivity contribution is 7.99. The molecule has 2 rings (SSSR count). The van der Waals surface area contributed by atoms with Crippen LogP contribution < -0.4 is 16.4 Å². The molecule has 1 amide bonds. The molecule has 1 aromatic heterocycles. The van der Waals surface area contributed by atoms with Gasteiger partial charge >= 0.3 is 0 Å². The number of thioether (sulfide) groups is 1. The normalized spacial score (nSPS) is 19.1. The van der Waals surface area contributed by atoms with Gasteiger partial charge in [-0.1, -0.05) is 17.8 Å². The Morgan fingerprint density at radius 2 is 2.37 bits per heavy atom. The van der Waals surface area contributed by atoms with E-state index in [0.717, 1.165) is 13.1 Å². The molecule has 5 nitrogen and oxygen atoms in total. The van der Waals surface area contributed by atoms with E-state index in [-0.39, 0.29) is 5.91 Å². The molecule has 0 aromatic carbocycles. The van der Waals surface area contributed by atoms with Crippen molar-refractivity contribution in [2.24, 2.45) is 0 Å². The molecular formula is C12H20N4OS2. The molecular weight excluding hydrogens is 280 g/mol. The number of amides is 1. The molecule has 1 unspecified atom stereocenters. The van der Waals surface area contributed by atoms with Crippen molar-refractivity contribution in [3.8, 4) is 0 Å². The van der Waals surface area contributed by atoms with E-state index in [1.807, 2.05) is 18.7 Å². The zero-order valence-electron chi connectivity index (χ0n) is 11.1. The lowest BCUT2D eigenvalue weighted by atomic mass is 10.2. The molecule has 1 atom stereocenters. The van der Waals surface area contributed by atoms with Crippen LogP contribution in [0.1, 0.15) is 35.9 Å². The summed E-state index contributed by atoms with van der Waals surface area (Å²) < 4.78 is 0. The van der Waals surface area contributed by atoms with Gasteiger partial charge in [-0.15, -0.1) is 0 Å². The highest BCUT2D eigenvalue weighted by Gasteiger charge is 2.19. The fraction of sp³-hybridized carbons (Fsp3) is 0.667. The molecule has 0 aliphatic carbocycles. The fourth-order valence-corrected chi connectivity index (χ4v) is 4.08. The fourth-order valence-electron chi connectivity index (χ4n) is 1.98. The van der Waals surface area contributed by atoms with E-state index in [1.165, 1.54) is 36.4 Å². The van der Waals surface area contributed by atoms with Crippen molar-refractivity contribution in [1.82, 2.24) is 10.3 Å². The second kappa shape index (κ2) is 7.00. The minimum atomic E-state index is -0.106. The molecule has 2 heterocycles. The standard InChI is InChI=1S/C12H20N4OS2/c1-2-14-12-16-10(13)9(19-12)11(17)15-7-8-5-3-4-6-18-8/h8H,2-7,13H2,1H3,(H,14,16)(H,15,17). The molecule has 1 saturated heterocycles. The average Bonchev–Trinajstić information content (AvgIpc) is 2.79. The van der Waals surface area contributed by atoms with Gasteiger partial charge in [-0.25, -0.2) is 4.98 Å². The van der Waals surface area contributed by atoms with Gasteiger partial charge in [-0.05, 0) is 25.5 Å². The number of rotatable bonds is 5. The molecule has 0 spiro atoms. The lowest BCUT2D eigenvalue weighted by molar-refractivity contribution is 0.0958. The van der Waals surface area contributed by atoms with Crippen LogP contribution in [0.2, 0.25) is 0 Å². The van der Waals surface area contributed by atoms with Crippen LogP contribution in [0.15, 0.2) is 0 Å². The molecule has 1 fully saturated rings. The van der Waals surface area contributed by atoms with Crippen LogP contribution in [-0.2, 0) is 0 Å². The lowest BCUT2D eigenvalue weighted by Gasteiger charge is -2.21. The predicted molar refractivity (Wildman–Crippen MR) is 83.1 cm³/mol. The van der Waals surface area contributed by atoms with Gasteiger partial charge < -0.3 is 16.4 Å². The number of nitrogen functional groups attached to an aromatic ring is 1.